The summed E-state index contributed by atoms with van der Waals surface area (Å²) < 4.78 is 1.38. The number of hydrogen-bond acceptors (Lipinski definition) is 5. The molecule has 0 aliphatic heterocycles. The Morgan fingerprint density at radius 1 is 1.29 bits per heavy atom. The van der Waals surface area contributed by atoms with Crippen LogP contribution < -0.4 is 11.0 Å². The maximum absolute atomic E-state index is 12.3. The smallest absolute Gasteiger partial charge is 0.300 e. The van der Waals surface area contributed by atoms with Crippen molar-refractivity contribution < 1.29 is 4.79 Å². The minimum atomic E-state index is -0.643. The average Bonchev–Trinajstić information content (AvgIpc) is 2.66. The lowest BCUT2D eigenvalue weighted by Gasteiger charge is -2.16. The van der Waals surface area contributed by atoms with Crippen LogP contribution in [-0.2, 0) is 4.79 Å². The second kappa shape index (κ2) is 5.77. The highest BCUT2D eigenvalue weighted by molar-refractivity contribution is 7.15. The van der Waals surface area contributed by atoms with Gasteiger partial charge in [-0.3, -0.25) is 9.36 Å². The van der Waals surface area contributed by atoms with Crippen LogP contribution in [0.2, 0.25) is 0 Å². The Kier molecular flexibility index (Phi) is 4.22. The van der Waals surface area contributed by atoms with Crippen LogP contribution in [0.1, 0.15) is 34.9 Å². The van der Waals surface area contributed by atoms with E-state index in [0.29, 0.717) is 16.5 Å². The monoisotopic (exact) mass is 306 g/mol. The highest BCUT2D eigenvalue weighted by atomic mass is 32.1. The number of thiazole rings is 1. The van der Waals surface area contributed by atoms with Crippen LogP contribution in [0.25, 0.3) is 0 Å². The Labute approximate surface area is 126 Å². The fraction of sp³-hybridized carbons (Fsp3) is 0.429. The van der Waals surface area contributed by atoms with Crippen LogP contribution in [0, 0.1) is 27.7 Å². The molecule has 1 amide bonds. The predicted octanol–water partition coefficient (Wildman–Crippen LogP) is 2.13. The van der Waals surface area contributed by atoms with Crippen molar-refractivity contribution in [2.24, 2.45) is 0 Å². The molecule has 2 aromatic heterocycles. The van der Waals surface area contributed by atoms with Gasteiger partial charge in [0, 0.05) is 16.3 Å². The molecule has 6 nitrogen and oxygen atoms in total. The third kappa shape index (κ3) is 3.18. The number of carbonyl (C=O) groups excluding carboxylic acids is 1. The van der Waals surface area contributed by atoms with Gasteiger partial charge in [-0.2, -0.15) is 4.98 Å². The van der Waals surface area contributed by atoms with E-state index in [1.807, 2.05) is 13.8 Å². The van der Waals surface area contributed by atoms with Crippen LogP contribution in [0.15, 0.2) is 10.9 Å². The van der Waals surface area contributed by atoms with Crippen molar-refractivity contribution in [1.82, 2.24) is 14.5 Å². The van der Waals surface area contributed by atoms with E-state index in [9.17, 15) is 9.59 Å². The van der Waals surface area contributed by atoms with E-state index in [-0.39, 0.29) is 5.91 Å². The van der Waals surface area contributed by atoms with Gasteiger partial charge in [0.2, 0.25) is 5.91 Å². The maximum atomic E-state index is 12.3. The summed E-state index contributed by atoms with van der Waals surface area (Å²) in [7, 11) is 0. The van der Waals surface area contributed by atoms with E-state index in [2.05, 4.69) is 15.3 Å². The molecule has 0 fully saturated rings. The molecule has 0 radical (unpaired) electrons. The Balaban J connectivity index is 2.26. The molecule has 2 aromatic rings. The summed E-state index contributed by atoms with van der Waals surface area (Å²) in [5.41, 5.74) is 1.84. The standard InChI is InChI=1S/C14H18N4O2S/c1-7-6-8(2)18(14(20)15-7)10(4)12(19)17-13-16-9(3)11(5)21-13/h6,10H,1-5H3,(H,16,17,19). The summed E-state index contributed by atoms with van der Waals surface area (Å²) in [6.07, 6.45) is 0. The van der Waals surface area contributed by atoms with Crippen molar-refractivity contribution in [2.45, 2.75) is 40.7 Å². The largest absolute Gasteiger partial charge is 0.348 e. The van der Waals surface area contributed by atoms with Gasteiger partial charge < -0.3 is 5.32 Å². The lowest BCUT2D eigenvalue weighted by atomic mass is 10.2. The topological polar surface area (TPSA) is 76.9 Å². The maximum Gasteiger partial charge on any atom is 0.348 e. The highest BCUT2D eigenvalue weighted by Gasteiger charge is 2.20. The van der Waals surface area contributed by atoms with Crippen molar-refractivity contribution in [3.63, 3.8) is 0 Å². The predicted molar refractivity (Wildman–Crippen MR) is 82.9 cm³/mol. The number of hydrogen-bond donors (Lipinski definition) is 1. The number of amides is 1. The molecule has 1 unspecified atom stereocenters. The quantitative estimate of drug-likeness (QED) is 0.942. The molecule has 2 rings (SSSR count). The summed E-state index contributed by atoms with van der Waals surface area (Å²) in [4.78, 5) is 33.5. The summed E-state index contributed by atoms with van der Waals surface area (Å²) in [5.74, 6) is -0.278. The lowest BCUT2D eigenvalue weighted by Crippen LogP contribution is -2.34. The fourth-order valence-corrected chi connectivity index (χ4v) is 2.90. The molecule has 0 aliphatic rings. The Morgan fingerprint density at radius 3 is 2.48 bits per heavy atom. The minimum absolute atomic E-state index is 0.278. The first kappa shape index (κ1) is 15.4. The average molecular weight is 306 g/mol. The molecule has 0 aliphatic carbocycles. The molecule has 1 atom stereocenters. The normalized spacial score (nSPS) is 12.2. The van der Waals surface area contributed by atoms with Gasteiger partial charge >= 0.3 is 5.69 Å². The molecule has 0 aromatic carbocycles. The highest BCUT2D eigenvalue weighted by Crippen LogP contribution is 2.22. The van der Waals surface area contributed by atoms with Crippen LogP contribution in [0.4, 0.5) is 5.13 Å². The fourth-order valence-electron chi connectivity index (χ4n) is 2.08. The van der Waals surface area contributed by atoms with E-state index in [1.165, 1.54) is 15.9 Å². The van der Waals surface area contributed by atoms with Crippen LogP contribution in [0.5, 0.6) is 0 Å². The number of aromatic nitrogens is 3. The number of rotatable bonds is 3. The van der Waals surface area contributed by atoms with Gasteiger partial charge in [-0.05, 0) is 40.7 Å². The molecule has 1 N–H and O–H groups in total. The van der Waals surface area contributed by atoms with Crippen molar-refractivity contribution >= 4 is 22.4 Å². The van der Waals surface area contributed by atoms with Gasteiger partial charge in [-0.1, -0.05) is 0 Å². The second-order valence-corrected chi connectivity index (χ2v) is 6.22. The molecular formula is C14H18N4O2S. The Hall–Kier alpha value is -2.02. The van der Waals surface area contributed by atoms with Gasteiger partial charge in [0.1, 0.15) is 6.04 Å². The number of nitrogens with one attached hydrogen (secondary N) is 1. The van der Waals surface area contributed by atoms with E-state index in [0.717, 1.165) is 10.6 Å². The summed E-state index contributed by atoms with van der Waals surface area (Å²) in [6.45, 7) is 9.06. The molecule has 0 saturated carbocycles. The molecule has 0 saturated heterocycles. The van der Waals surface area contributed by atoms with Gasteiger partial charge in [0.25, 0.3) is 0 Å². The Morgan fingerprint density at radius 2 is 1.95 bits per heavy atom. The molecule has 7 heteroatoms. The SMILES string of the molecule is Cc1cc(C)n(C(C)C(=O)Nc2nc(C)c(C)s2)c(=O)n1. The molecule has 112 valence electrons. The number of nitrogens with zero attached hydrogens (tertiary/aromatic N) is 3. The van der Waals surface area contributed by atoms with Crippen molar-refractivity contribution in [1.29, 1.82) is 0 Å². The Bertz CT molecular complexity index is 728. The van der Waals surface area contributed by atoms with Gasteiger partial charge in [-0.25, -0.2) is 9.78 Å². The first-order valence-corrected chi connectivity index (χ1v) is 7.43. The third-order valence-electron chi connectivity index (χ3n) is 3.30. The molecule has 21 heavy (non-hydrogen) atoms. The summed E-state index contributed by atoms with van der Waals surface area (Å²) in [6, 6.07) is 1.14. The second-order valence-electron chi connectivity index (χ2n) is 5.02. The number of anilines is 1. The molecule has 0 bridgehead atoms. The van der Waals surface area contributed by atoms with Crippen LogP contribution in [0.3, 0.4) is 0 Å². The van der Waals surface area contributed by atoms with E-state index < -0.39 is 11.7 Å². The first-order chi connectivity index (χ1) is 9.79. The summed E-state index contributed by atoms with van der Waals surface area (Å²) in [5, 5.41) is 3.30. The van der Waals surface area contributed by atoms with Gasteiger partial charge in [0.15, 0.2) is 5.13 Å². The van der Waals surface area contributed by atoms with Crippen molar-refractivity contribution in [2.75, 3.05) is 5.32 Å². The van der Waals surface area contributed by atoms with Crippen molar-refractivity contribution in [3.05, 3.63) is 38.5 Å². The molecular weight excluding hydrogens is 288 g/mol. The number of carbonyl (C=O) groups is 1. The van der Waals surface area contributed by atoms with E-state index in [1.54, 1.807) is 26.8 Å². The zero-order chi connectivity index (χ0) is 15.7. The summed E-state index contributed by atoms with van der Waals surface area (Å²) >= 11 is 1.42. The van der Waals surface area contributed by atoms with Crippen LogP contribution in [-0.4, -0.2) is 20.4 Å². The van der Waals surface area contributed by atoms with E-state index in [4.69, 9.17) is 0 Å². The zero-order valence-electron chi connectivity index (χ0n) is 12.7. The molecule has 0 spiro atoms. The van der Waals surface area contributed by atoms with Crippen LogP contribution >= 0.6 is 11.3 Å². The molecule has 2 heterocycles. The number of aryl methyl sites for hydroxylation is 4. The lowest BCUT2D eigenvalue weighted by molar-refractivity contribution is -0.118. The first-order valence-electron chi connectivity index (χ1n) is 6.61. The minimum Gasteiger partial charge on any atom is -0.300 e. The van der Waals surface area contributed by atoms with Gasteiger partial charge in [0.05, 0.1) is 5.69 Å². The van der Waals surface area contributed by atoms with Gasteiger partial charge in [-0.15, -0.1) is 11.3 Å². The zero-order valence-corrected chi connectivity index (χ0v) is 13.5. The van der Waals surface area contributed by atoms with Crippen molar-refractivity contribution in [3.8, 4) is 0 Å². The third-order valence-corrected chi connectivity index (χ3v) is 4.29. The van der Waals surface area contributed by atoms with E-state index >= 15 is 0 Å².